The minimum Gasteiger partial charge on any atom is -0.492 e. The van der Waals surface area contributed by atoms with Crippen LogP contribution in [0.2, 0.25) is 0 Å². The molecule has 0 bridgehead atoms. The highest BCUT2D eigenvalue weighted by Crippen LogP contribution is 2.27. The Morgan fingerprint density at radius 1 is 1.31 bits per heavy atom. The van der Waals surface area contributed by atoms with Crippen LogP contribution in [0.3, 0.4) is 0 Å². The molecule has 1 fully saturated rings. The van der Waals surface area contributed by atoms with Crippen LogP contribution in [0.1, 0.15) is 16.6 Å². The molecule has 140 valence electrons. The van der Waals surface area contributed by atoms with Crippen LogP contribution in [-0.4, -0.2) is 49.8 Å². The minimum absolute atomic E-state index is 0.0207. The zero-order valence-corrected chi connectivity index (χ0v) is 15.1. The first-order chi connectivity index (χ1) is 12.6. The number of carbonyl (C=O) groups is 1. The molecule has 3 rings (SSSR count). The highest BCUT2D eigenvalue weighted by Gasteiger charge is 2.28. The van der Waals surface area contributed by atoms with E-state index in [9.17, 15) is 13.6 Å². The van der Waals surface area contributed by atoms with Crippen LogP contribution in [0.25, 0.3) is 0 Å². The minimum atomic E-state index is -0.643. The molecule has 0 saturated carbocycles. The molecule has 0 aliphatic carbocycles. The summed E-state index contributed by atoms with van der Waals surface area (Å²) in [5, 5.41) is 1.81. The molecule has 0 N–H and O–H groups in total. The molecule has 1 aromatic heterocycles. The molecule has 0 radical (unpaired) electrons. The van der Waals surface area contributed by atoms with E-state index in [0.29, 0.717) is 36.9 Å². The van der Waals surface area contributed by atoms with Crippen LogP contribution >= 0.6 is 11.3 Å². The molecule has 2 aromatic rings. The Balaban J connectivity index is 1.61. The van der Waals surface area contributed by atoms with E-state index in [1.165, 1.54) is 11.3 Å². The summed E-state index contributed by atoms with van der Waals surface area (Å²) in [5.41, 5.74) is 0. The van der Waals surface area contributed by atoms with Crippen molar-refractivity contribution < 1.29 is 27.8 Å². The number of hydrogen-bond donors (Lipinski definition) is 0. The lowest BCUT2D eigenvalue weighted by atomic mass is 10.2. The number of ether oxygens (including phenoxy) is 3. The first kappa shape index (κ1) is 18.6. The van der Waals surface area contributed by atoms with Crippen molar-refractivity contribution in [3.05, 3.63) is 46.2 Å². The van der Waals surface area contributed by atoms with E-state index in [1.54, 1.807) is 11.0 Å². The smallest absolute Gasteiger partial charge is 0.267 e. The van der Waals surface area contributed by atoms with E-state index < -0.39 is 17.7 Å². The van der Waals surface area contributed by atoms with Crippen molar-refractivity contribution in [2.24, 2.45) is 0 Å². The van der Waals surface area contributed by atoms with Crippen LogP contribution in [0.15, 0.2) is 29.6 Å². The zero-order chi connectivity index (χ0) is 18.5. The highest BCUT2D eigenvalue weighted by molar-refractivity contribution is 7.12. The Morgan fingerprint density at radius 2 is 2.15 bits per heavy atom. The zero-order valence-electron chi connectivity index (χ0n) is 14.2. The molecule has 2 heterocycles. The van der Waals surface area contributed by atoms with Crippen molar-refractivity contribution in [1.29, 1.82) is 0 Å². The summed E-state index contributed by atoms with van der Waals surface area (Å²) < 4.78 is 43.2. The number of morpholine rings is 1. The summed E-state index contributed by atoms with van der Waals surface area (Å²) in [6.07, 6.45) is -0.425. The van der Waals surface area contributed by atoms with E-state index in [1.807, 2.05) is 12.3 Å². The van der Waals surface area contributed by atoms with E-state index in [4.69, 9.17) is 14.2 Å². The molecule has 1 saturated heterocycles. The van der Waals surface area contributed by atoms with Crippen LogP contribution < -0.4 is 9.47 Å². The molecular formula is C18H19F2NO4S. The predicted molar refractivity (Wildman–Crippen MR) is 93.0 cm³/mol. The monoisotopic (exact) mass is 383 g/mol. The molecule has 1 aliphatic rings. The van der Waals surface area contributed by atoms with Crippen LogP contribution in [0.5, 0.6) is 11.5 Å². The first-order valence-electron chi connectivity index (χ1n) is 8.27. The van der Waals surface area contributed by atoms with Crippen molar-refractivity contribution in [2.75, 3.05) is 32.9 Å². The maximum absolute atomic E-state index is 13.6. The third-order valence-electron chi connectivity index (χ3n) is 3.87. The van der Waals surface area contributed by atoms with Crippen molar-refractivity contribution in [3.63, 3.8) is 0 Å². The van der Waals surface area contributed by atoms with Crippen LogP contribution in [0, 0.1) is 11.6 Å². The van der Waals surface area contributed by atoms with Gasteiger partial charge < -0.3 is 19.1 Å². The first-order valence-corrected chi connectivity index (χ1v) is 9.15. The number of halogens is 2. The average Bonchev–Trinajstić information content (AvgIpc) is 3.10. The quantitative estimate of drug-likeness (QED) is 0.768. The second kappa shape index (κ2) is 8.46. The Morgan fingerprint density at radius 3 is 2.96 bits per heavy atom. The van der Waals surface area contributed by atoms with Gasteiger partial charge in [-0.25, -0.2) is 8.78 Å². The van der Waals surface area contributed by atoms with E-state index in [-0.39, 0.29) is 18.3 Å². The summed E-state index contributed by atoms with van der Waals surface area (Å²) in [6.45, 7) is 3.47. The molecule has 1 amide bonds. The standard InChI is InChI=1S/C18H19F2NO4S/c1-2-23-15-5-8-26-17(15)18(22)21-6-7-24-13(10-21)11-25-16-9-12(19)3-4-14(16)20/h3-5,8-9,13H,2,6-7,10-11H2,1H3. The fourth-order valence-electron chi connectivity index (χ4n) is 2.64. The Bertz CT molecular complexity index is 767. The van der Waals surface area contributed by atoms with Gasteiger partial charge in [-0.15, -0.1) is 11.3 Å². The Hall–Kier alpha value is -2.19. The molecular weight excluding hydrogens is 364 g/mol. The topological polar surface area (TPSA) is 48.0 Å². The molecule has 26 heavy (non-hydrogen) atoms. The van der Waals surface area contributed by atoms with Crippen LogP contribution in [0.4, 0.5) is 8.78 Å². The van der Waals surface area contributed by atoms with E-state index >= 15 is 0 Å². The summed E-state index contributed by atoms with van der Waals surface area (Å²) in [4.78, 5) is 14.9. The Kier molecular flexibility index (Phi) is 6.05. The number of rotatable bonds is 6. The van der Waals surface area contributed by atoms with E-state index in [0.717, 1.165) is 18.2 Å². The van der Waals surface area contributed by atoms with Gasteiger partial charge in [0, 0.05) is 12.6 Å². The fourth-order valence-corrected chi connectivity index (χ4v) is 3.44. The lowest BCUT2D eigenvalue weighted by Gasteiger charge is -2.32. The van der Waals surface area contributed by atoms with Gasteiger partial charge in [0.15, 0.2) is 11.6 Å². The number of hydrogen-bond acceptors (Lipinski definition) is 5. The normalized spacial score (nSPS) is 17.2. The van der Waals surface area contributed by atoms with E-state index in [2.05, 4.69) is 0 Å². The number of benzene rings is 1. The van der Waals surface area contributed by atoms with Crippen molar-refractivity contribution >= 4 is 17.2 Å². The van der Waals surface area contributed by atoms with Gasteiger partial charge >= 0.3 is 0 Å². The predicted octanol–water partition coefficient (Wildman–Crippen LogP) is 3.35. The van der Waals surface area contributed by atoms with Gasteiger partial charge in [0.25, 0.3) is 5.91 Å². The molecule has 1 aromatic carbocycles. The third-order valence-corrected chi connectivity index (χ3v) is 4.75. The summed E-state index contributed by atoms with van der Waals surface area (Å²) in [6, 6.07) is 4.79. The number of nitrogens with zero attached hydrogens (tertiary/aromatic N) is 1. The van der Waals surface area contributed by atoms with Crippen molar-refractivity contribution in [3.8, 4) is 11.5 Å². The SMILES string of the molecule is CCOc1ccsc1C(=O)N1CCOC(COc2cc(F)ccc2F)C1. The van der Waals surface area contributed by atoms with Gasteiger partial charge in [-0.05, 0) is 30.5 Å². The van der Waals surface area contributed by atoms with Gasteiger partial charge in [-0.3, -0.25) is 4.79 Å². The molecule has 1 aliphatic heterocycles. The average molecular weight is 383 g/mol. The largest absolute Gasteiger partial charge is 0.492 e. The summed E-state index contributed by atoms with van der Waals surface area (Å²) >= 11 is 1.33. The Labute approximate surface area is 154 Å². The number of thiophene rings is 1. The van der Waals surface area contributed by atoms with Gasteiger partial charge in [-0.1, -0.05) is 0 Å². The van der Waals surface area contributed by atoms with Gasteiger partial charge in [0.05, 0.1) is 19.8 Å². The molecule has 8 heteroatoms. The second-order valence-electron chi connectivity index (χ2n) is 5.68. The lowest BCUT2D eigenvalue weighted by molar-refractivity contribution is -0.0405. The molecule has 1 atom stereocenters. The lowest BCUT2D eigenvalue weighted by Crippen LogP contribution is -2.47. The summed E-state index contributed by atoms with van der Waals surface area (Å²) in [7, 11) is 0. The molecule has 0 spiro atoms. The maximum Gasteiger partial charge on any atom is 0.267 e. The summed E-state index contributed by atoms with van der Waals surface area (Å²) in [5.74, 6) is -0.953. The fraction of sp³-hybridized carbons (Fsp3) is 0.389. The number of amides is 1. The van der Waals surface area contributed by atoms with Crippen molar-refractivity contribution in [1.82, 2.24) is 4.90 Å². The van der Waals surface area contributed by atoms with Gasteiger partial charge in [0.2, 0.25) is 0 Å². The highest BCUT2D eigenvalue weighted by atomic mass is 32.1. The molecule has 1 unspecified atom stereocenters. The molecule has 5 nitrogen and oxygen atoms in total. The third kappa shape index (κ3) is 4.31. The number of carbonyl (C=O) groups excluding carboxylic acids is 1. The van der Waals surface area contributed by atoms with Crippen molar-refractivity contribution in [2.45, 2.75) is 13.0 Å². The van der Waals surface area contributed by atoms with Gasteiger partial charge in [0.1, 0.15) is 29.2 Å². The van der Waals surface area contributed by atoms with Crippen LogP contribution in [-0.2, 0) is 4.74 Å². The van der Waals surface area contributed by atoms with Gasteiger partial charge in [-0.2, -0.15) is 0 Å². The second-order valence-corrected chi connectivity index (χ2v) is 6.59. The maximum atomic E-state index is 13.6.